The molecule has 90 valence electrons. The van der Waals surface area contributed by atoms with E-state index in [-0.39, 0.29) is 5.41 Å². The number of anilines is 1. The predicted molar refractivity (Wildman–Crippen MR) is 77.6 cm³/mol. The highest BCUT2D eigenvalue weighted by Gasteiger charge is 2.16. The third kappa shape index (κ3) is 2.52. The second kappa shape index (κ2) is 4.19. The van der Waals surface area contributed by atoms with E-state index in [1.54, 1.807) is 0 Å². The molecule has 0 atom stereocenters. The van der Waals surface area contributed by atoms with Gasteiger partial charge in [0.25, 0.3) is 0 Å². The Balaban J connectivity index is 2.44. The number of nitrogen functional groups attached to an aromatic ring is 1. The number of nitrogens with two attached hydrogens (primary N) is 1. The summed E-state index contributed by atoms with van der Waals surface area (Å²) in [5, 5.41) is 0. The van der Waals surface area contributed by atoms with Crippen LogP contribution in [0.25, 0.3) is 10.4 Å². The lowest BCUT2D eigenvalue weighted by Crippen LogP contribution is -2.07. The Kier molecular flexibility index (Phi) is 3.00. The minimum atomic E-state index is 0.227. The van der Waals surface area contributed by atoms with Crippen molar-refractivity contribution in [3.05, 3.63) is 40.8 Å². The fraction of sp³-hybridized carbons (Fsp3) is 0.333. The number of benzene rings is 1. The Morgan fingerprint density at radius 3 is 2.29 bits per heavy atom. The number of hydrogen-bond donors (Lipinski definition) is 1. The van der Waals surface area contributed by atoms with Crippen molar-refractivity contribution in [2.75, 3.05) is 5.73 Å². The van der Waals surface area contributed by atoms with E-state index in [2.05, 4.69) is 45.9 Å². The molecule has 2 aromatic rings. The van der Waals surface area contributed by atoms with Crippen molar-refractivity contribution in [3.8, 4) is 10.4 Å². The van der Waals surface area contributed by atoms with E-state index >= 15 is 0 Å². The monoisotopic (exact) mass is 245 g/mol. The van der Waals surface area contributed by atoms with Crippen molar-refractivity contribution < 1.29 is 0 Å². The molecule has 0 aliphatic carbocycles. The van der Waals surface area contributed by atoms with Gasteiger partial charge in [0.05, 0.1) is 0 Å². The summed E-state index contributed by atoms with van der Waals surface area (Å²) in [6.07, 6.45) is 0. The van der Waals surface area contributed by atoms with Gasteiger partial charge in [-0.05, 0) is 47.7 Å². The molecule has 1 aromatic heterocycles. The molecule has 0 saturated heterocycles. The molecule has 0 aliphatic rings. The summed E-state index contributed by atoms with van der Waals surface area (Å²) in [6, 6.07) is 10.6. The first-order chi connectivity index (χ1) is 7.88. The highest BCUT2D eigenvalue weighted by Crippen LogP contribution is 2.36. The molecular formula is C15H19NS. The molecule has 0 aliphatic heterocycles. The second-order valence-corrected chi connectivity index (χ2v) is 6.57. The van der Waals surface area contributed by atoms with Gasteiger partial charge in [-0.15, -0.1) is 11.3 Å². The summed E-state index contributed by atoms with van der Waals surface area (Å²) in [5.74, 6) is 0. The minimum absolute atomic E-state index is 0.227. The highest BCUT2D eigenvalue weighted by molar-refractivity contribution is 7.15. The second-order valence-electron chi connectivity index (χ2n) is 5.49. The van der Waals surface area contributed by atoms with E-state index in [0.717, 1.165) is 5.69 Å². The maximum atomic E-state index is 5.78. The lowest BCUT2D eigenvalue weighted by molar-refractivity contribution is 0.604. The normalized spacial score (nSPS) is 11.8. The zero-order valence-corrected chi connectivity index (χ0v) is 11.7. The van der Waals surface area contributed by atoms with Crippen LogP contribution in [0, 0.1) is 6.92 Å². The largest absolute Gasteiger partial charge is 0.399 e. The van der Waals surface area contributed by atoms with E-state index in [1.807, 2.05) is 23.5 Å². The molecule has 1 heterocycles. The fourth-order valence-electron chi connectivity index (χ4n) is 1.85. The minimum Gasteiger partial charge on any atom is -0.399 e. The molecule has 2 N–H and O–H groups in total. The maximum Gasteiger partial charge on any atom is 0.0348 e. The number of rotatable bonds is 1. The average Bonchev–Trinajstić information content (AvgIpc) is 2.65. The van der Waals surface area contributed by atoms with Crippen LogP contribution in [0.1, 0.15) is 31.2 Å². The summed E-state index contributed by atoms with van der Waals surface area (Å²) in [6.45, 7) is 8.86. The van der Waals surface area contributed by atoms with E-state index < -0.39 is 0 Å². The summed E-state index contributed by atoms with van der Waals surface area (Å²) in [5.41, 5.74) is 9.38. The first-order valence-corrected chi connectivity index (χ1v) is 6.66. The Bertz CT molecular complexity index is 532. The van der Waals surface area contributed by atoms with Gasteiger partial charge in [-0.25, -0.2) is 0 Å². The van der Waals surface area contributed by atoms with Gasteiger partial charge < -0.3 is 5.73 Å². The number of hydrogen-bond acceptors (Lipinski definition) is 2. The molecule has 0 spiro atoms. The fourth-order valence-corrected chi connectivity index (χ4v) is 3.00. The quantitative estimate of drug-likeness (QED) is 0.730. The Labute approximate surface area is 107 Å². The standard InChI is InChI=1S/C15H19NS/c1-10-9-11(16)5-6-12(10)13-7-8-14(17-13)15(2,3)4/h5-9H,16H2,1-4H3. The van der Waals surface area contributed by atoms with Crippen molar-refractivity contribution in [2.45, 2.75) is 33.1 Å². The van der Waals surface area contributed by atoms with Gasteiger partial charge >= 0.3 is 0 Å². The molecule has 0 fully saturated rings. The first-order valence-electron chi connectivity index (χ1n) is 5.85. The molecule has 0 unspecified atom stereocenters. The van der Waals surface area contributed by atoms with Gasteiger partial charge in [-0.2, -0.15) is 0 Å². The van der Waals surface area contributed by atoms with Gasteiger partial charge in [0, 0.05) is 15.4 Å². The van der Waals surface area contributed by atoms with Crippen LogP contribution in [0.15, 0.2) is 30.3 Å². The van der Waals surface area contributed by atoms with Gasteiger partial charge in [-0.1, -0.05) is 26.8 Å². The van der Waals surface area contributed by atoms with E-state index in [1.165, 1.54) is 20.9 Å². The molecule has 1 aromatic carbocycles. The van der Waals surface area contributed by atoms with Gasteiger partial charge in [0.2, 0.25) is 0 Å². The maximum absolute atomic E-state index is 5.78. The summed E-state index contributed by atoms with van der Waals surface area (Å²) in [4.78, 5) is 2.75. The topological polar surface area (TPSA) is 26.0 Å². The van der Waals surface area contributed by atoms with Crippen LogP contribution in [0.4, 0.5) is 5.69 Å². The lowest BCUT2D eigenvalue weighted by atomic mass is 9.95. The lowest BCUT2D eigenvalue weighted by Gasteiger charge is -2.15. The molecular weight excluding hydrogens is 226 g/mol. The molecule has 0 bridgehead atoms. The Morgan fingerprint density at radius 1 is 1.06 bits per heavy atom. The van der Waals surface area contributed by atoms with Gasteiger partial charge in [-0.3, -0.25) is 0 Å². The molecule has 17 heavy (non-hydrogen) atoms. The van der Waals surface area contributed by atoms with E-state index in [4.69, 9.17) is 5.73 Å². The van der Waals surface area contributed by atoms with Crippen LogP contribution in [0.3, 0.4) is 0 Å². The average molecular weight is 245 g/mol. The summed E-state index contributed by atoms with van der Waals surface area (Å²) in [7, 11) is 0. The van der Waals surface area contributed by atoms with Gasteiger partial charge in [0.15, 0.2) is 0 Å². The van der Waals surface area contributed by atoms with Crippen LogP contribution >= 0.6 is 11.3 Å². The Hall–Kier alpha value is -1.28. The molecule has 0 saturated carbocycles. The zero-order chi connectivity index (χ0) is 12.6. The highest BCUT2D eigenvalue weighted by atomic mass is 32.1. The molecule has 1 nitrogen and oxygen atoms in total. The van der Waals surface area contributed by atoms with Crippen LogP contribution in [0.2, 0.25) is 0 Å². The van der Waals surface area contributed by atoms with Crippen molar-refractivity contribution >= 4 is 17.0 Å². The van der Waals surface area contributed by atoms with Crippen molar-refractivity contribution in [1.82, 2.24) is 0 Å². The molecule has 2 rings (SSSR count). The van der Waals surface area contributed by atoms with Crippen LogP contribution in [-0.2, 0) is 5.41 Å². The summed E-state index contributed by atoms with van der Waals surface area (Å²) < 4.78 is 0. The molecule has 0 radical (unpaired) electrons. The number of aryl methyl sites for hydroxylation is 1. The molecule has 0 amide bonds. The van der Waals surface area contributed by atoms with Crippen LogP contribution in [-0.4, -0.2) is 0 Å². The summed E-state index contributed by atoms with van der Waals surface area (Å²) >= 11 is 1.87. The van der Waals surface area contributed by atoms with E-state index in [0.29, 0.717) is 0 Å². The molecule has 2 heteroatoms. The third-order valence-electron chi connectivity index (χ3n) is 2.86. The van der Waals surface area contributed by atoms with Crippen LogP contribution in [0.5, 0.6) is 0 Å². The van der Waals surface area contributed by atoms with Crippen molar-refractivity contribution in [2.24, 2.45) is 0 Å². The van der Waals surface area contributed by atoms with E-state index in [9.17, 15) is 0 Å². The first kappa shape index (κ1) is 12.2. The number of thiophene rings is 1. The predicted octanol–water partition coefficient (Wildman–Crippen LogP) is 4.60. The zero-order valence-electron chi connectivity index (χ0n) is 10.9. The SMILES string of the molecule is Cc1cc(N)ccc1-c1ccc(C(C)(C)C)s1. The van der Waals surface area contributed by atoms with Gasteiger partial charge in [0.1, 0.15) is 0 Å². The third-order valence-corrected chi connectivity index (χ3v) is 4.41. The van der Waals surface area contributed by atoms with Crippen molar-refractivity contribution in [1.29, 1.82) is 0 Å². The smallest absolute Gasteiger partial charge is 0.0348 e. The van der Waals surface area contributed by atoms with Crippen LogP contribution < -0.4 is 5.73 Å². The Morgan fingerprint density at radius 2 is 1.76 bits per heavy atom. The van der Waals surface area contributed by atoms with Crippen molar-refractivity contribution in [3.63, 3.8) is 0 Å².